The van der Waals surface area contributed by atoms with Crippen LogP contribution >= 0.6 is 11.6 Å². The molecule has 0 unspecified atom stereocenters. The average Bonchev–Trinajstić information content (AvgIpc) is 2.82. The number of nitrogens with zero attached hydrogens (tertiary/aromatic N) is 4. The van der Waals surface area contributed by atoms with Crippen molar-refractivity contribution in [1.29, 1.82) is 5.26 Å². The number of aromatic nitrogens is 3. The van der Waals surface area contributed by atoms with Crippen molar-refractivity contribution < 1.29 is 4.74 Å². The molecule has 0 saturated carbocycles. The Hall–Kier alpha value is -2.06. The van der Waals surface area contributed by atoms with E-state index in [1.807, 2.05) is 26.8 Å². The highest BCUT2D eigenvalue weighted by molar-refractivity contribution is 6.32. The summed E-state index contributed by atoms with van der Waals surface area (Å²) >= 11 is 6.14. The third-order valence-electron chi connectivity index (χ3n) is 2.87. The Balaban J connectivity index is 2.62. The summed E-state index contributed by atoms with van der Waals surface area (Å²) in [6.07, 6.45) is 0. The molecule has 104 valence electrons. The first-order valence-electron chi connectivity index (χ1n) is 6.08. The van der Waals surface area contributed by atoms with Crippen LogP contribution in [0, 0.1) is 11.3 Å². The van der Waals surface area contributed by atoms with Gasteiger partial charge in [-0.05, 0) is 18.2 Å². The number of hydrogen-bond acceptors (Lipinski definition) is 4. The van der Waals surface area contributed by atoms with Gasteiger partial charge in [-0.3, -0.25) is 0 Å². The summed E-state index contributed by atoms with van der Waals surface area (Å²) in [5.74, 6) is 0.591. The zero-order valence-corrected chi connectivity index (χ0v) is 12.6. The summed E-state index contributed by atoms with van der Waals surface area (Å²) in [6, 6.07) is 7.41. The molecule has 0 atom stereocenters. The van der Waals surface area contributed by atoms with Gasteiger partial charge in [0.25, 0.3) is 0 Å². The SMILES string of the molecule is COc1ccc(-n2nnc(C#N)c2C(C)(C)C)cc1Cl. The molecule has 20 heavy (non-hydrogen) atoms. The van der Waals surface area contributed by atoms with Crippen molar-refractivity contribution in [2.24, 2.45) is 0 Å². The van der Waals surface area contributed by atoms with Crippen molar-refractivity contribution in [3.8, 4) is 17.5 Å². The van der Waals surface area contributed by atoms with Crippen molar-refractivity contribution >= 4 is 11.6 Å². The van der Waals surface area contributed by atoms with Gasteiger partial charge < -0.3 is 4.74 Å². The highest BCUT2D eigenvalue weighted by Gasteiger charge is 2.26. The number of hydrogen-bond donors (Lipinski definition) is 0. The Morgan fingerprint density at radius 3 is 2.55 bits per heavy atom. The van der Waals surface area contributed by atoms with Gasteiger partial charge in [-0.2, -0.15) is 5.26 Å². The van der Waals surface area contributed by atoms with E-state index in [4.69, 9.17) is 21.6 Å². The first kappa shape index (κ1) is 14.4. The minimum absolute atomic E-state index is 0.263. The summed E-state index contributed by atoms with van der Waals surface area (Å²) in [6.45, 7) is 6.02. The highest BCUT2D eigenvalue weighted by Crippen LogP contribution is 2.30. The van der Waals surface area contributed by atoms with Gasteiger partial charge in [-0.15, -0.1) is 5.10 Å². The van der Waals surface area contributed by atoms with Crippen LogP contribution in [0.25, 0.3) is 5.69 Å². The number of benzene rings is 1. The average molecular weight is 291 g/mol. The molecular weight excluding hydrogens is 276 g/mol. The molecule has 0 N–H and O–H groups in total. The maximum absolute atomic E-state index is 9.17. The summed E-state index contributed by atoms with van der Waals surface area (Å²) < 4.78 is 6.77. The fourth-order valence-electron chi connectivity index (χ4n) is 2.00. The van der Waals surface area contributed by atoms with Crippen LogP contribution in [0.3, 0.4) is 0 Å². The number of nitriles is 1. The van der Waals surface area contributed by atoms with E-state index in [1.54, 1.807) is 23.9 Å². The monoisotopic (exact) mass is 290 g/mol. The van der Waals surface area contributed by atoms with E-state index < -0.39 is 0 Å². The standard InChI is InChI=1S/C14H15ClN4O/c1-14(2,3)13-11(8-16)17-18-19(13)9-5-6-12(20-4)10(15)7-9/h5-7H,1-4H3. The van der Waals surface area contributed by atoms with Crippen LogP contribution in [-0.2, 0) is 5.41 Å². The molecule has 0 aliphatic rings. The van der Waals surface area contributed by atoms with Crippen molar-refractivity contribution in [3.05, 3.63) is 34.6 Å². The third kappa shape index (κ3) is 2.47. The molecule has 0 aliphatic heterocycles. The molecule has 2 rings (SSSR count). The summed E-state index contributed by atoms with van der Waals surface area (Å²) in [5, 5.41) is 17.6. The molecule has 0 fully saturated rings. The molecule has 1 aromatic carbocycles. The Morgan fingerprint density at radius 2 is 2.05 bits per heavy atom. The molecule has 0 saturated heterocycles. The minimum Gasteiger partial charge on any atom is -0.495 e. The Kier molecular flexibility index (Phi) is 3.69. The lowest BCUT2D eigenvalue weighted by Gasteiger charge is -2.20. The van der Waals surface area contributed by atoms with Crippen LogP contribution in [0.1, 0.15) is 32.2 Å². The van der Waals surface area contributed by atoms with Gasteiger partial charge in [-0.25, -0.2) is 4.68 Å². The fraction of sp³-hybridized carbons (Fsp3) is 0.357. The molecule has 1 aromatic heterocycles. The van der Waals surface area contributed by atoms with Gasteiger partial charge in [0.05, 0.1) is 23.5 Å². The van der Waals surface area contributed by atoms with Gasteiger partial charge in [0, 0.05) is 5.41 Å². The number of ether oxygens (including phenoxy) is 1. The first-order chi connectivity index (χ1) is 9.38. The van der Waals surface area contributed by atoms with Crippen LogP contribution in [0.2, 0.25) is 5.02 Å². The lowest BCUT2D eigenvalue weighted by molar-refractivity contribution is 0.415. The van der Waals surface area contributed by atoms with E-state index in [0.29, 0.717) is 16.5 Å². The lowest BCUT2D eigenvalue weighted by Crippen LogP contribution is -2.19. The summed E-state index contributed by atoms with van der Waals surface area (Å²) in [5.41, 5.74) is 1.56. The van der Waals surface area contributed by atoms with E-state index in [9.17, 15) is 0 Å². The largest absolute Gasteiger partial charge is 0.495 e. The second kappa shape index (κ2) is 5.14. The van der Waals surface area contributed by atoms with E-state index in [0.717, 1.165) is 11.4 Å². The molecule has 0 amide bonds. The van der Waals surface area contributed by atoms with Gasteiger partial charge in [0.2, 0.25) is 0 Å². The van der Waals surface area contributed by atoms with E-state index in [-0.39, 0.29) is 5.41 Å². The van der Waals surface area contributed by atoms with Crippen LogP contribution in [-0.4, -0.2) is 22.1 Å². The Labute approximate surface area is 122 Å². The van der Waals surface area contributed by atoms with Crippen LogP contribution in [0.15, 0.2) is 18.2 Å². The second-order valence-electron chi connectivity index (χ2n) is 5.38. The fourth-order valence-corrected chi connectivity index (χ4v) is 2.25. The number of rotatable bonds is 2. The minimum atomic E-state index is -0.263. The molecule has 2 aromatic rings. The van der Waals surface area contributed by atoms with Crippen LogP contribution < -0.4 is 4.74 Å². The zero-order valence-electron chi connectivity index (χ0n) is 11.8. The number of methoxy groups -OCH3 is 1. The highest BCUT2D eigenvalue weighted by atomic mass is 35.5. The maximum Gasteiger partial charge on any atom is 0.186 e. The van der Waals surface area contributed by atoms with Gasteiger partial charge >= 0.3 is 0 Å². The van der Waals surface area contributed by atoms with Gasteiger partial charge in [0.1, 0.15) is 11.8 Å². The smallest absolute Gasteiger partial charge is 0.186 e. The zero-order chi connectivity index (χ0) is 14.9. The molecule has 5 nitrogen and oxygen atoms in total. The van der Waals surface area contributed by atoms with Crippen molar-refractivity contribution in [1.82, 2.24) is 15.0 Å². The van der Waals surface area contributed by atoms with E-state index in [1.165, 1.54) is 0 Å². The summed E-state index contributed by atoms with van der Waals surface area (Å²) in [7, 11) is 1.56. The Morgan fingerprint density at radius 1 is 1.35 bits per heavy atom. The second-order valence-corrected chi connectivity index (χ2v) is 5.79. The number of halogens is 1. The van der Waals surface area contributed by atoms with Crippen LogP contribution in [0.4, 0.5) is 0 Å². The Bertz CT molecular complexity index is 679. The van der Waals surface area contributed by atoms with Crippen molar-refractivity contribution in [3.63, 3.8) is 0 Å². The lowest BCUT2D eigenvalue weighted by atomic mass is 9.90. The molecule has 0 aliphatic carbocycles. The predicted octanol–water partition coefficient (Wildman–Crippen LogP) is 3.10. The predicted molar refractivity (Wildman–Crippen MR) is 76.3 cm³/mol. The van der Waals surface area contributed by atoms with Crippen molar-refractivity contribution in [2.75, 3.05) is 7.11 Å². The third-order valence-corrected chi connectivity index (χ3v) is 3.16. The van der Waals surface area contributed by atoms with Crippen molar-refractivity contribution in [2.45, 2.75) is 26.2 Å². The topological polar surface area (TPSA) is 63.7 Å². The molecule has 0 spiro atoms. The molecule has 0 radical (unpaired) electrons. The normalized spacial score (nSPS) is 11.2. The molecule has 1 heterocycles. The molecule has 0 bridgehead atoms. The van der Waals surface area contributed by atoms with Crippen LogP contribution in [0.5, 0.6) is 5.75 Å². The molecule has 6 heteroatoms. The maximum atomic E-state index is 9.17. The van der Waals surface area contributed by atoms with E-state index >= 15 is 0 Å². The van der Waals surface area contributed by atoms with Gasteiger partial charge in [0.15, 0.2) is 5.69 Å². The quantitative estimate of drug-likeness (QED) is 0.852. The van der Waals surface area contributed by atoms with E-state index in [2.05, 4.69) is 16.4 Å². The molecular formula is C14H15ClN4O. The first-order valence-corrected chi connectivity index (χ1v) is 6.46. The van der Waals surface area contributed by atoms with Gasteiger partial charge in [-0.1, -0.05) is 37.6 Å². The summed E-state index contributed by atoms with van der Waals surface area (Å²) in [4.78, 5) is 0.